The molecule has 1 rings (SSSR count). The van der Waals surface area contributed by atoms with E-state index >= 15 is 0 Å². The van der Waals surface area contributed by atoms with Crippen LogP contribution in [-0.2, 0) is 9.53 Å². The van der Waals surface area contributed by atoms with E-state index in [1.807, 2.05) is 0 Å². The van der Waals surface area contributed by atoms with Crippen molar-refractivity contribution >= 4 is 5.91 Å². The zero-order valence-corrected chi connectivity index (χ0v) is 8.34. The van der Waals surface area contributed by atoms with Crippen molar-refractivity contribution in [2.45, 2.75) is 44.6 Å². The van der Waals surface area contributed by atoms with Gasteiger partial charge in [0.05, 0.1) is 6.10 Å². The van der Waals surface area contributed by atoms with Crippen molar-refractivity contribution in [2.75, 3.05) is 13.7 Å². The van der Waals surface area contributed by atoms with Gasteiger partial charge in [-0.25, -0.2) is 0 Å². The molecule has 1 amide bonds. The Bertz CT molecular complexity index is 151. The van der Waals surface area contributed by atoms with Gasteiger partial charge in [0.2, 0.25) is 5.91 Å². The van der Waals surface area contributed by atoms with Gasteiger partial charge in [-0.15, -0.1) is 0 Å². The third-order valence-electron chi connectivity index (χ3n) is 2.53. The Morgan fingerprint density at radius 2 is 1.92 bits per heavy atom. The van der Waals surface area contributed by atoms with Gasteiger partial charge >= 0.3 is 0 Å². The van der Waals surface area contributed by atoms with Gasteiger partial charge in [0.25, 0.3) is 0 Å². The van der Waals surface area contributed by atoms with Gasteiger partial charge in [0, 0.05) is 7.05 Å². The van der Waals surface area contributed by atoms with Crippen LogP contribution in [0.2, 0.25) is 0 Å². The van der Waals surface area contributed by atoms with E-state index in [0.717, 1.165) is 12.8 Å². The Hall–Kier alpha value is -0.570. The Balaban J connectivity index is 2.15. The van der Waals surface area contributed by atoms with Gasteiger partial charge in [-0.05, 0) is 12.8 Å². The first-order valence-electron chi connectivity index (χ1n) is 5.15. The summed E-state index contributed by atoms with van der Waals surface area (Å²) in [5.41, 5.74) is 0. The molecule has 1 saturated carbocycles. The molecule has 0 atom stereocenters. The molecule has 3 nitrogen and oxygen atoms in total. The van der Waals surface area contributed by atoms with Gasteiger partial charge in [0.1, 0.15) is 6.61 Å². The molecule has 0 aromatic rings. The molecule has 0 aliphatic heterocycles. The average Bonchev–Trinajstić information content (AvgIpc) is 2.42. The molecule has 76 valence electrons. The fraction of sp³-hybridized carbons (Fsp3) is 0.900. The normalized spacial score (nSPS) is 19.5. The van der Waals surface area contributed by atoms with Gasteiger partial charge < -0.3 is 10.1 Å². The van der Waals surface area contributed by atoms with Crippen LogP contribution in [-0.4, -0.2) is 25.7 Å². The minimum atomic E-state index is -0.0238. The first-order valence-corrected chi connectivity index (χ1v) is 5.15. The maximum absolute atomic E-state index is 10.9. The molecule has 0 spiro atoms. The zero-order valence-electron chi connectivity index (χ0n) is 8.34. The Kier molecular flexibility index (Phi) is 4.83. The van der Waals surface area contributed by atoms with Crippen LogP contribution in [0.25, 0.3) is 0 Å². The summed E-state index contributed by atoms with van der Waals surface area (Å²) in [5, 5.41) is 2.56. The fourth-order valence-electron chi connectivity index (χ4n) is 1.67. The van der Waals surface area contributed by atoms with Gasteiger partial charge in [-0.1, -0.05) is 25.7 Å². The summed E-state index contributed by atoms with van der Waals surface area (Å²) >= 11 is 0. The standard InChI is InChI=1S/C10H19NO2/c1-11-10(12)8-13-9-6-4-2-3-5-7-9/h9H,2-8H2,1H3,(H,11,12). The van der Waals surface area contributed by atoms with E-state index in [-0.39, 0.29) is 12.5 Å². The van der Waals surface area contributed by atoms with E-state index in [1.54, 1.807) is 7.05 Å². The number of likely N-dealkylation sites (N-methyl/N-ethyl adjacent to an activating group) is 1. The lowest BCUT2D eigenvalue weighted by molar-refractivity contribution is -0.127. The van der Waals surface area contributed by atoms with Crippen LogP contribution in [0.3, 0.4) is 0 Å². The second-order valence-electron chi connectivity index (χ2n) is 3.60. The summed E-state index contributed by atoms with van der Waals surface area (Å²) in [6.07, 6.45) is 7.70. The second-order valence-corrected chi connectivity index (χ2v) is 3.60. The van der Waals surface area contributed by atoms with E-state index in [1.165, 1.54) is 25.7 Å². The molecule has 3 heteroatoms. The van der Waals surface area contributed by atoms with E-state index < -0.39 is 0 Å². The summed E-state index contributed by atoms with van der Waals surface area (Å²) < 4.78 is 5.50. The monoisotopic (exact) mass is 185 g/mol. The maximum atomic E-state index is 10.9. The molecule has 0 bridgehead atoms. The van der Waals surface area contributed by atoms with Crippen molar-refractivity contribution in [2.24, 2.45) is 0 Å². The van der Waals surface area contributed by atoms with Crippen LogP contribution < -0.4 is 5.32 Å². The molecule has 0 aromatic heterocycles. The summed E-state index contributed by atoms with van der Waals surface area (Å²) in [6, 6.07) is 0. The van der Waals surface area contributed by atoms with Crippen molar-refractivity contribution in [3.63, 3.8) is 0 Å². The molecule has 0 unspecified atom stereocenters. The zero-order chi connectivity index (χ0) is 9.52. The Morgan fingerprint density at radius 1 is 1.31 bits per heavy atom. The molecule has 0 radical (unpaired) electrons. The molecule has 1 N–H and O–H groups in total. The van der Waals surface area contributed by atoms with Crippen LogP contribution in [0.1, 0.15) is 38.5 Å². The molecule has 13 heavy (non-hydrogen) atoms. The van der Waals surface area contributed by atoms with Crippen LogP contribution in [0.4, 0.5) is 0 Å². The minimum Gasteiger partial charge on any atom is -0.368 e. The highest BCUT2D eigenvalue weighted by molar-refractivity contribution is 5.76. The van der Waals surface area contributed by atoms with Crippen LogP contribution >= 0.6 is 0 Å². The molecule has 1 aliphatic rings. The van der Waals surface area contributed by atoms with Crippen molar-refractivity contribution in [1.29, 1.82) is 0 Å². The molecular formula is C10H19NO2. The predicted octanol–water partition coefficient (Wildman–Crippen LogP) is 1.47. The van der Waals surface area contributed by atoms with Gasteiger partial charge in [0.15, 0.2) is 0 Å². The van der Waals surface area contributed by atoms with Crippen molar-refractivity contribution in [1.82, 2.24) is 5.32 Å². The fourth-order valence-corrected chi connectivity index (χ4v) is 1.67. The second kappa shape index (κ2) is 5.97. The quantitative estimate of drug-likeness (QED) is 0.676. The third-order valence-corrected chi connectivity index (χ3v) is 2.53. The topological polar surface area (TPSA) is 38.3 Å². The van der Waals surface area contributed by atoms with Gasteiger partial charge in [-0.3, -0.25) is 4.79 Å². The first kappa shape index (κ1) is 10.5. The first-order chi connectivity index (χ1) is 6.33. The van der Waals surface area contributed by atoms with Crippen LogP contribution in [0, 0.1) is 0 Å². The molecule has 1 aliphatic carbocycles. The van der Waals surface area contributed by atoms with Crippen LogP contribution in [0.5, 0.6) is 0 Å². The number of ether oxygens (including phenoxy) is 1. The number of carbonyl (C=O) groups excluding carboxylic acids is 1. The molecule has 0 saturated heterocycles. The number of nitrogens with one attached hydrogen (secondary N) is 1. The van der Waals surface area contributed by atoms with Crippen molar-refractivity contribution in [3.05, 3.63) is 0 Å². The minimum absolute atomic E-state index is 0.0238. The number of hydrogen-bond acceptors (Lipinski definition) is 2. The summed E-state index contributed by atoms with van der Waals surface area (Å²) in [5.74, 6) is -0.0238. The largest absolute Gasteiger partial charge is 0.368 e. The van der Waals surface area contributed by atoms with Crippen molar-refractivity contribution in [3.8, 4) is 0 Å². The average molecular weight is 185 g/mol. The highest BCUT2D eigenvalue weighted by Gasteiger charge is 2.13. The number of rotatable bonds is 3. The van der Waals surface area contributed by atoms with E-state index in [9.17, 15) is 4.79 Å². The molecule has 1 fully saturated rings. The Morgan fingerprint density at radius 3 is 2.46 bits per heavy atom. The summed E-state index contributed by atoms with van der Waals surface area (Å²) in [4.78, 5) is 10.9. The predicted molar refractivity (Wildman–Crippen MR) is 51.5 cm³/mol. The number of amides is 1. The SMILES string of the molecule is CNC(=O)COC1CCCCCC1. The number of hydrogen-bond donors (Lipinski definition) is 1. The third kappa shape index (κ3) is 4.27. The van der Waals surface area contributed by atoms with Gasteiger partial charge in [-0.2, -0.15) is 0 Å². The van der Waals surface area contributed by atoms with Crippen LogP contribution in [0.15, 0.2) is 0 Å². The van der Waals surface area contributed by atoms with E-state index in [0.29, 0.717) is 6.10 Å². The lowest BCUT2D eigenvalue weighted by Gasteiger charge is -2.14. The number of carbonyl (C=O) groups is 1. The molecule has 0 aromatic carbocycles. The molecule has 0 heterocycles. The summed E-state index contributed by atoms with van der Waals surface area (Å²) in [7, 11) is 1.64. The lowest BCUT2D eigenvalue weighted by Crippen LogP contribution is -2.26. The lowest BCUT2D eigenvalue weighted by atomic mass is 10.1. The van der Waals surface area contributed by atoms with E-state index in [2.05, 4.69) is 5.32 Å². The summed E-state index contributed by atoms with van der Waals surface area (Å²) in [6.45, 7) is 0.223. The maximum Gasteiger partial charge on any atom is 0.245 e. The highest BCUT2D eigenvalue weighted by Crippen LogP contribution is 2.19. The highest BCUT2D eigenvalue weighted by atomic mass is 16.5. The molecular weight excluding hydrogens is 166 g/mol. The van der Waals surface area contributed by atoms with E-state index in [4.69, 9.17) is 4.74 Å². The smallest absolute Gasteiger partial charge is 0.245 e. The Labute approximate surface area is 79.8 Å². The van der Waals surface area contributed by atoms with Crippen molar-refractivity contribution < 1.29 is 9.53 Å².